The number of aromatic nitrogens is 4. The fourth-order valence-electron chi connectivity index (χ4n) is 3.66. The zero-order valence-electron chi connectivity index (χ0n) is 15.8. The second-order valence-corrected chi connectivity index (χ2v) is 6.91. The number of hydrogen-bond acceptors (Lipinski definition) is 7. The molecule has 4 rings (SSSR count). The average Bonchev–Trinajstić information content (AvgIpc) is 3.34. The number of nitrogens with zero attached hydrogens (tertiary/aromatic N) is 5. The molecule has 1 aliphatic heterocycles. The minimum atomic E-state index is -0.159. The van der Waals surface area contributed by atoms with Crippen molar-refractivity contribution in [2.45, 2.75) is 46.6 Å². The van der Waals surface area contributed by atoms with Crippen molar-refractivity contribution in [1.82, 2.24) is 25.2 Å². The molecule has 3 aromatic heterocycles. The summed E-state index contributed by atoms with van der Waals surface area (Å²) in [6, 6.07) is 3.48. The second kappa shape index (κ2) is 6.61. The highest BCUT2D eigenvalue weighted by atomic mass is 16.5. The smallest absolute Gasteiger partial charge is 0.293 e. The molecule has 8 nitrogen and oxygen atoms in total. The molecule has 1 atom stereocenters. The third-order valence-electron chi connectivity index (χ3n) is 4.84. The van der Waals surface area contributed by atoms with Crippen molar-refractivity contribution in [2.75, 3.05) is 6.54 Å². The molecule has 0 radical (unpaired) electrons. The minimum absolute atomic E-state index is 0.121. The van der Waals surface area contributed by atoms with Crippen LogP contribution in [0.3, 0.4) is 0 Å². The van der Waals surface area contributed by atoms with Crippen molar-refractivity contribution in [3.8, 4) is 11.3 Å². The summed E-state index contributed by atoms with van der Waals surface area (Å²) in [6.45, 7) is 8.06. The van der Waals surface area contributed by atoms with Crippen molar-refractivity contribution >= 4 is 5.91 Å². The molecule has 0 aromatic carbocycles. The van der Waals surface area contributed by atoms with Gasteiger partial charge in [0.2, 0.25) is 5.76 Å². The molecule has 4 heterocycles. The maximum atomic E-state index is 12.9. The first-order valence-electron chi connectivity index (χ1n) is 8.97. The first-order valence-corrected chi connectivity index (χ1v) is 8.97. The Morgan fingerprint density at radius 2 is 1.93 bits per heavy atom. The molecule has 0 aliphatic carbocycles. The summed E-state index contributed by atoms with van der Waals surface area (Å²) in [4.78, 5) is 23.9. The van der Waals surface area contributed by atoms with Crippen LogP contribution in [0, 0.1) is 27.7 Å². The highest BCUT2D eigenvalue weighted by Gasteiger charge is 2.34. The molecule has 3 aromatic rings. The highest BCUT2D eigenvalue weighted by molar-refractivity contribution is 5.92. The number of aryl methyl sites for hydroxylation is 4. The third kappa shape index (κ3) is 3.11. The molecule has 1 aliphatic rings. The molecular weight excluding hydrogens is 346 g/mol. The Kier molecular flexibility index (Phi) is 4.25. The quantitative estimate of drug-likeness (QED) is 0.700. The Bertz CT molecular complexity index is 987. The highest BCUT2D eigenvalue weighted by Crippen LogP contribution is 2.34. The first-order chi connectivity index (χ1) is 12.9. The molecule has 0 spiro atoms. The maximum Gasteiger partial charge on any atom is 0.293 e. The molecule has 1 amide bonds. The minimum Gasteiger partial charge on any atom is -0.361 e. The van der Waals surface area contributed by atoms with Gasteiger partial charge in [0.15, 0.2) is 0 Å². The van der Waals surface area contributed by atoms with Gasteiger partial charge in [-0.1, -0.05) is 10.3 Å². The monoisotopic (exact) mass is 367 g/mol. The van der Waals surface area contributed by atoms with Gasteiger partial charge < -0.3 is 13.9 Å². The number of carbonyl (C=O) groups excluding carboxylic acids is 1. The van der Waals surface area contributed by atoms with Crippen LogP contribution in [0.25, 0.3) is 11.3 Å². The van der Waals surface area contributed by atoms with Crippen LogP contribution in [0.2, 0.25) is 0 Å². The molecule has 0 bridgehead atoms. The molecule has 0 unspecified atom stereocenters. The van der Waals surface area contributed by atoms with Gasteiger partial charge in [0, 0.05) is 12.6 Å². The number of hydrogen-bond donors (Lipinski definition) is 0. The van der Waals surface area contributed by atoms with Gasteiger partial charge in [-0.2, -0.15) is 0 Å². The van der Waals surface area contributed by atoms with E-state index in [2.05, 4.69) is 20.3 Å². The topological polar surface area (TPSA) is 98.2 Å². The van der Waals surface area contributed by atoms with Gasteiger partial charge >= 0.3 is 0 Å². The Hall–Kier alpha value is -3.03. The number of rotatable bonds is 3. The summed E-state index contributed by atoms with van der Waals surface area (Å²) >= 11 is 0. The van der Waals surface area contributed by atoms with Crippen molar-refractivity contribution < 1.29 is 13.8 Å². The lowest BCUT2D eigenvalue weighted by atomic mass is 10.1. The molecule has 140 valence electrons. The first kappa shape index (κ1) is 17.4. The van der Waals surface area contributed by atoms with E-state index in [1.807, 2.05) is 26.8 Å². The van der Waals surface area contributed by atoms with E-state index in [0.717, 1.165) is 35.5 Å². The Balaban J connectivity index is 1.71. The Morgan fingerprint density at radius 1 is 1.11 bits per heavy atom. The second-order valence-electron chi connectivity index (χ2n) is 6.91. The Labute approximate surface area is 156 Å². The van der Waals surface area contributed by atoms with Gasteiger partial charge in [-0.3, -0.25) is 4.79 Å². The third-order valence-corrected chi connectivity index (χ3v) is 4.84. The van der Waals surface area contributed by atoms with Crippen LogP contribution in [-0.2, 0) is 0 Å². The summed E-state index contributed by atoms with van der Waals surface area (Å²) in [5.74, 6) is 1.47. The Morgan fingerprint density at radius 3 is 2.59 bits per heavy atom. The van der Waals surface area contributed by atoms with Crippen LogP contribution in [0.5, 0.6) is 0 Å². The summed E-state index contributed by atoms with van der Waals surface area (Å²) in [6.07, 6.45) is 1.75. The summed E-state index contributed by atoms with van der Waals surface area (Å²) in [5.41, 5.74) is 3.94. The van der Waals surface area contributed by atoms with Gasteiger partial charge in [0.05, 0.1) is 34.4 Å². The van der Waals surface area contributed by atoms with E-state index >= 15 is 0 Å². The fraction of sp³-hybridized carbons (Fsp3) is 0.421. The number of carbonyl (C=O) groups is 1. The van der Waals surface area contributed by atoms with E-state index in [4.69, 9.17) is 9.05 Å². The SMILES string of the molecule is Cc1cc(C(=O)N2CCC[C@@H]2c2cc(-c3c(C)noc3C)nc(C)n2)on1. The summed E-state index contributed by atoms with van der Waals surface area (Å²) in [5, 5.41) is 7.84. The van der Waals surface area contributed by atoms with E-state index < -0.39 is 0 Å². The van der Waals surface area contributed by atoms with Gasteiger partial charge in [-0.05, 0) is 46.6 Å². The summed E-state index contributed by atoms with van der Waals surface area (Å²) < 4.78 is 10.4. The van der Waals surface area contributed by atoms with E-state index in [-0.39, 0.29) is 17.7 Å². The molecule has 1 saturated heterocycles. The lowest BCUT2D eigenvalue weighted by Crippen LogP contribution is -2.31. The molecule has 1 fully saturated rings. The molecule has 0 saturated carbocycles. The van der Waals surface area contributed by atoms with Crippen molar-refractivity contribution in [3.63, 3.8) is 0 Å². The van der Waals surface area contributed by atoms with Gasteiger partial charge in [0.1, 0.15) is 11.6 Å². The van der Waals surface area contributed by atoms with Crippen LogP contribution in [-0.4, -0.2) is 37.6 Å². The molecule has 27 heavy (non-hydrogen) atoms. The van der Waals surface area contributed by atoms with E-state index in [1.165, 1.54) is 0 Å². The van der Waals surface area contributed by atoms with Crippen LogP contribution in [0.15, 0.2) is 21.2 Å². The van der Waals surface area contributed by atoms with Gasteiger partial charge in [-0.15, -0.1) is 0 Å². The largest absolute Gasteiger partial charge is 0.361 e. The van der Waals surface area contributed by atoms with E-state index in [9.17, 15) is 4.79 Å². The van der Waals surface area contributed by atoms with Crippen LogP contribution >= 0.6 is 0 Å². The summed E-state index contributed by atoms with van der Waals surface area (Å²) in [7, 11) is 0. The van der Waals surface area contributed by atoms with E-state index in [1.54, 1.807) is 17.9 Å². The fourth-order valence-corrected chi connectivity index (χ4v) is 3.66. The number of amides is 1. The normalized spacial score (nSPS) is 16.9. The average molecular weight is 367 g/mol. The maximum absolute atomic E-state index is 12.9. The molecule has 0 N–H and O–H groups in total. The lowest BCUT2D eigenvalue weighted by Gasteiger charge is -2.23. The van der Waals surface area contributed by atoms with Gasteiger partial charge in [0.25, 0.3) is 5.91 Å². The van der Waals surface area contributed by atoms with Crippen LogP contribution in [0.4, 0.5) is 0 Å². The number of likely N-dealkylation sites (tertiary alicyclic amines) is 1. The van der Waals surface area contributed by atoms with Crippen molar-refractivity contribution in [1.29, 1.82) is 0 Å². The van der Waals surface area contributed by atoms with Crippen LogP contribution < -0.4 is 0 Å². The molecule has 8 heteroatoms. The van der Waals surface area contributed by atoms with Gasteiger partial charge in [-0.25, -0.2) is 9.97 Å². The van der Waals surface area contributed by atoms with Crippen LogP contribution in [0.1, 0.15) is 58.1 Å². The molecular formula is C19H21N5O3. The zero-order chi connectivity index (χ0) is 19.1. The predicted molar refractivity (Wildman–Crippen MR) is 96.0 cm³/mol. The van der Waals surface area contributed by atoms with E-state index in [0.29, 0.717) is 23.8 Å². The lowest BCUT2D eigenvalue weighted by molar-refractivity contribution is 0.0690. The predicted octanol–water partition coefficient (Wildman–Crippen LogP) is 3.33. The zero-order valence-corrected chi connectivity index (χ0v) is 15.8. The van der Waals surface area contributed by atoms with Crippen molar-refractivity contribution in [3.05, 3.63) is 46.6 Å². The standard InChI is InChI=1S/C19H21N5O3/c1-10-8-17(27-22-10)19(25)24-7-5-6-16(24)14-9-15(21-13(4)20-14)18-11(2)23-26-12(18)3/h8-9,16H,5-7H2,1-4H3/t16-/m1/s1. The van der Waals surface area contributed by atoms with Crippen molar-refractivity contribution in [2.24, 2.45) is 0 Å².